The maximum absolute atomic E-state index is 13.3. The molecule has 0 N–H and O–H groups in total. The quantitative estimate of drug-likeness (QED) is 0.566. The molecule has 4 heterocycles. The van der Waals surface area contributed by atoms with Crippen molar-refractivity contribution in [3.05, 3.63) is 40.1 Å². The van der Waals surface area contributed by atoms with Crippen LogP contribution in [-0.4, -0.2) is 79.1 Å². The summed E-state index contributed by atoms with van der Waals surface area (Å²) >= 11 is 3.45. The van der Waals surface area contributed by atoms with E-state index >= 15 is 0 Å². The number of hydrogen-bond acceptors (Lipinski definition) is 6. The molecule has 188 valence electrons. The molecule has 3 saturated heterocycles. The van der Waals surface area contributed by atoms with Crippen LogP contribution in [0.5, 0.6) is 0 Å². The van der Waals surface area contributed by atoms with Crippen LogP contribution in [0.4, 0.5) is 11.4 Å². The summed E-state index contributed by atoms with van der Waals surface area (Å²) in [7, 11) is -2.99. The molecule has 0 aliphatic carbocycles. The van der Waals surface area contributed by atoms with Gasteiger partial charge >= 0.3 is 0 Å². The predicted octanol–water partition coefficient (Wildman–Crippen LogP) is 2.32. The van der Waals surface area contributed by atoms with E-state index in [-0.39, 0.29) is 41.7 Å². The molecule has 0 bridgehead atoms. The monoisotopic (exact) mass is 563 g/mol. The average molecular weight is 565 g/mol. The Bertz CT molecular complexity index is 1270. The van der Waals surface area contributed by atoms with Crippen molar-refractivity contribution >= 4 is 49.0 Å². The van der Waals surface area contributed by atoms with Gasteiger partial charge in [-0.15, -0.1) is 0 Å². The number of nitrogens with zero attached hydrogens (tertiary/aromatic N) is 5. The third kappa shape index (κ3) is 4.72. The zero-order chi connectivity index (χ0) is 24.9. The third-order valence-corrected chi connectivity index (χ3v) is 9.59. The minimum Gasteiger partial charge on any atom is -0.365 e. The lowest BCUT2D eigenvalue weighted by atomic mass is 10.1. The van der Waals surface area contributed by atoms with Crippen molar-refractivity contribution in [1.29, 1.82) is 0 Å². The number of anilines is 2. The van der Waals surface area contributed by atoms with Crippen LogP contribution in [0.1, 0.15) is 30.3 Å². The van der Waals surface area contributed by atoms with Gasteiger partial charge in [-0.3, -0.25) is 14.3 Å². The van der Waals surface area contributed by atoms with Gasteiger partial charge in [-0.25, -0.2) is 8.42 Å². The lowest BCUT2D eigenvalue weighted by molar-refractivity contribution is -0.136. The summed E-state index contributed by atoms with van der Waals surface area (Å²) in [6.07, 6.45) is 0.837. The molecule has 3 aliphatic rings. The van der Waals surface area contributed by atoms with Gasteiger partial charge in [0.15, 0.2) is 9.84 Å². The first-order chi connectivity index (χ1) is 16.6. The van der Waals surface area contributed by atoms with Gasteiger partial charge in [0.25, 0.3) is 0 Å². The molecule has 35 heavy (non-hydrogen) atoms. The van der Waals surface area contributed by atoms with Crippen LogP contribution in [0.25, 0.3) is 0 Å². The molecule has 2 amide bonds. The lowest BCUT2D eigenvalue weighted by Gasteiger charge is -2.37. The molecule has 11 heteroatoms. The number of amides is 2. The summed E-state index contributed by atoms with van der Waals surface area (Å²) in [5, 5.41) is 4.69. The zero-order valence-corrected chi connectivity index (χ0v) is 22.4. The number of benzene rings is 1. The van der Waals surface area contributed by atoms with Crippen LogP contribution >= 0.6 is 15.9 Å². The SMILES string of the molecule is Cc1nn(C2CCS(=O)(=O)C2)c(C)c1N1CCN(C(=O)C2CC(=O)N(c3cccc(Br)c3)C2)CC1. The summed E-state index contributed by atoms with van der Waals surface area (Å²) in [5.41, 5.74) is 3.72. The van der Waals surface area contributed by atoms with Gasteiger partial charge in [0.1, 0.15) is 0 Å². The van der Waals surface area contributed by atoms with Gasteiger partial charge in [0.05, 0.1) is 40.5 Å². The molecular formula is C24H30BrN5O4S. The molecule has 3 fully saturated rings. The van der Waals surface area contributed by atoms with Gasteiger partial charge < -0.3 is 14.7 Å². The zero-order valence-electron chi connectivity index (χ0n) is 20.0. The number of aryl methyl sites for hydroxylation is 1. The van der Waals surface area contributed by atoms with E-state index in [1.54, 1.807) is 4.90 Å². The molecule has 2 unspecified atom stereocenters. The second-order valence-electron chi connectivity index (χ2n) is 9.72. The Hall–Kier alpha value is -2.40. The fourth-order valence-electron chi connectivity index (χ4n) is 5.61. The first-order valence-corrected chi connectivity index (χ1v) is 14.6. The maximum Gasteiger partial charge on any atom is 0.228 e. The Kier molecular flexibility index (Phi) is 6.41. The maximum atomic E-state index is 13.3. The van der Waals surface area contributed by atoms with Crippen LogP contribution in [0.3, 0.4) is 0 Å². The molecule has 5 rings (SSSR count). The van der Waals surface area contributed by atoms with Crippen molar-refractivity contribution in [1.82, 2.24) is 14.7 Å². The Morgan fingerprint density at radius 2 is 1.89 bits per heavy atom. The van der Waals surface area contributed by atoms with Gasteiger partial charge in [0, 0.05) is 49.3 Å². The van der Waals surface area contributed by atoms with Crippen molar-refractivity contribution in [3.8, 4) is 0 Å². The highest BCUT2D eigenvalue weighted by atomic mass is 79.9. The fourth-order valence-corrected chi connectivity index (χ4v) is 7.69. The van der Waals surface area contributed by atoms with E-state index in [1.165, 1.54) is 0 Å². The Morgan fingerprint density at radius 1 is 1.14 bits per heavy atom. The molecule has 0 saturated carbocycles. The van der Waals surface area contributed by atoms with Crippen LogP contribution in [0, 0.1) is 19.8 Å². The summed E-state index contributed by atoms with van der Waals surface area (Å²) < 4.78 is 26.7. The molecule has 1 aromatic heterocycles. The highest BCUT2D eigenvalue weighted by molar-refractivity contribution is 9.10. The molecule has 2 atom stereocenters. The largest absolute Gasteiger partial charge is 0.365 e. The number of piperazine rings is 1. The Labute approximate surface area is 214 Å². The van der Waals surface area contributed by atoms with E-state index in [4.69, 9.17) is 0 Å². The van der Waals surface area contributed by atoms with E-state index < -0.39 is 9.84 Å². The normalized spacial score (nSPS) is 24.4. The smallest absolute Gasteiger partial charge is 0.228 e. The van der Waals surface area contributed by atoms with E-state index in [0.29, 0.717) is 39.1 Å². The minimum atomic E-state index is -2.99. The standard InChI is InChI=1S/C24H30BrN5O4S/c1-16-23(17(2)30(26-16)21-6-11-35(33,34)15-21)27-7-9-28(10-8-27)24(32)18-12-22(31)29(14-18)20-5-3-4-19(25)13-20/h3-5,13,18,21H,6-12,14-15H2,1-2H3. The third-order valence-electron chi connectivity index (χ3n) is 7.34. The highest BCUT2D eigenvalue weighted by Gasteiger charge is 2.38. The van der Waals surface area contributed by atoms with Crippen LogP contribution in [0.2, 0.25) is 0 Å². The molecule has 0 spiro atoms. The van der Waals surface area contributed by atoms with Gasteiger partial charge in [-0.2, -0.15) is 5.10 Å². The van der Waals surface area contributed by atoms with Crippen molar-refractivity contribution < 1.29 is 18.0 Å². The second kappa shape index (κ2) is 9.24. The van der Waals surface area contributed by atoms with Crippen LogP contribution in [-0.2, 0) is 19.4 Å². The molecule has 9 nitrogen and oxygen atoms in total. The summed E-state index contributed by atoms with van der Waals surface area (Å²) in [5.74, 6) is 0.0507. The van der Waals surface area contributed by atoms with Crippen molar-refractivity contribution in [2.75, 3.05) is 54.0 Å². The Balaban J connectivity index is 1.23. The number of halogens is 1. The number of sulfone groups is 1. The van der Waals surface area contributed by atoms with E-state index in [9.17, 15) is 18.0 Å². The van der Waals surface area contributed by atoms with E-state index in [0.717, 1.165) is 27.2 Å². The summed E-state index contributed by atoms with van der Waals surface area (Å²) in [6.45, 7) is 6.89. The molecule has 3 aliphatic heterocycles. The van der Waals surface area contributed by atoms with Gasteiger partial charge in [-0.05, 0) is 38.5 Å². The average Bonchev–Trinajstić information content (AvgIpc) is 3.47. The Morgan fingerprint density at radius 3 is 2.54 bits per heavy atom. The topological polar surface area (TPSA) is 95.8 Å². The van der Waals surface area contributed by atoms with E-state index in [2.05, 4.69) is 25.9 Å². The lowest BCUT2D eigenvalue weighted by Crippen LogP contribution is -2.51. The predicted molar refractivity (Wildman–Crippen MR) is 137 cm³/mol. The summed E-state index contributed by atoms with van der Waals surface area (Å²) in [4.78, 5) is 31.7. The molecule has 0 radical (unpaired) electrons. The molecular weight excluding hydrogens is 534 g/mol. The van der Waals surface area contributed by atoms with Gasteiger partial charge in [0.2, 0.25) is 11.8 Å². The van der Waals surface area contributed by atoms with Crippen LogP contribution in [0.15, 0.2) is 28.7 Å². The number of carbonyl (C=O) groups is 2. The van der Waals surface area contributed by atoms with Crippen molar-refractivity contribution in [2.45, 2.75) is 32.7 Å². The number of aromatic nitrogens is 2. The van der Waals surface area contributed by atoms with E-state index in [1.807, 2.05) is 47.7 Å². The van der Waals surface area contributed by atoms with Crippen LogP contribution < -0.4 is 9.80 Å². The molecule has 1 aromatic carbocycles. The minimum absolute atomic E-state index is 0.0207. The van der Waals surface area contributed by atoms with Crippen molar-refractivity contribution in [2.24, 2.45) is 5.92 Å². The summed E-state index contributed by atoms with van der Waals surface area (Å²) in [6, 6.07) is 7.48. The number of hydrogen-bond donors (Lipinski definition) is 0. The molecule has 2 aromatic rings. The first-order valence-electron chi connectivity index (χ1n) is 12.0. The van der Waals surface area contributed by atoms with Gasteiger partial charge in [-0.1, -0.05) is 22.0 Å². The second-order valence-corrected chi connectivity index (χ2v) is 12.9. The fraction of sp³-hybridized carbons (Fsp3) is 0.542. The number of carbonyl (C=O) groups excluding carboxylic acids is 2. The van der Waals surface area contributed by atoms with Crippen molar-refractivity contribution in [3.63, 3.8) is 0 Å². The number of rotatable bonds is 4. The first kappa shape index (κ1) is 24.3. The highest BCUT2D eigenvalue weighted by Crippen LogP contribution is 2.33.